The summed E-state index contributed by atoms with van der Waals surface area (Å²) in [4.78, 5) is 18.7. The quantitative estimate of drug-likeness (QED) is 0.881. The summed E-state index contributed by atoms with van der Waals surface area (Å²) in [5, 5.41) is 2.96. The van der Waals surface area contributed by atoms with E-state index >= 15 is 0 Å². The largest absolute Gasteiger partial charge is 0.336 e. The summed E-state index contributed by atoms with van der Waals surface area (Å²) >= 11 is 0. The van der Waals surface area contributed by atoms with Gasteiger partial charge in [0.1, 0.15) is 5.82 Å². The highest BCUT2D eigenvalue weighted by Crippen LogP contribution is 2.11. The summed E-state index contributed by atoms with van der Waals surface area (Å²) in [7, 11) is 0. The number of aromatic nitrogens is 2. The molecule has 0 atom stereocenters. The van der Waals surface area contributed by atoms with Crippen molar-refractivity contribution in [2.24, 2.45) is 0 Å². The van der Waals surface area contributed by atoms with Crippen LogP contribution in [-0.2, 0) is 13.1 Å². The molecule has 0 aliphatic carbocycles. The maximum atomic E-state index is 12.4. The van der Waals surface area contributed by atoms with Gasteiger partial charge in [-0.15, -0.1) is 0 Å². The van der Waals surface area contributed by atoms with E-state index in [9.17, 15) is 4.79 Å². The van der Waals surface area contributed by atoms with Crippen LogP contribution < -0.4 is 5.32 Å². The summed E-state index contributed by atoms with van der Waals surface area (Å²) in [5.41, 5.74) is 2.48. The van der Waals surface area contributed by atoms with E-state index < -0.39 is 0 Å². The van der Waals surface area contributed by atoms with E-state index in [0.717, 1.165) is 12.4 Å². The lowest BCUT2D eigenvalue weighted by molar-refractivity contribution is 0.174. The molecule has 0 aliphatic heterocycles. The molecular weight excluding hydrogens is 300 g/mol. The van der Waals surface area contributed by atoms with Crippen LogP contribution >= 0.6 is 0 Å². The Morgan fingerprint density at radius 3 is 2.46 bits per heavy atom. The molecule has 5 heteroatoms. The molecule has 130 valence electrons. The van der Waals surface area contributed by atoms with Gasteiger partial charge in [-0.2, -0.15) is 0 Å². The average molecular weight is 328 g/mol. The van der Waals surface area contributed by atoms with Crippen LogP contribution in [-0.4, -0.2) is 32.6 Å². The van der Waals surface area contributed by atoms with Crippen LogP contribution in [0.2, 0.25) is 0 Å². The zero-order chi connectivity index (χ0) is 17.7. The number of rotatable bonds is 6. The van der Waals surface area contributed by atoms with Gasteiger partial charge < -0.3 is 14.8 Å². The molecule has 24 heavy (non-hydrogen) atoms. The van der Waals surface area contributed by atoms with E-state index in [4.69, 9.17) is 0 Å². The molecule has 2 rings (SSSR count). The Balaban J connectivity index is 2.12. The maximum Gasteiger partial charge on any atom is 0.318 e. The Morgan fingerprint density at radius 1 is 1.21 bits per heavy atom. The van der Waals surface area contributed by atoms with Gasteiger partial charge in [0.15, 0.2) is 0 Å². The topological polar surface area (TPSA) is 50.2 Å². The number of nitrogens with zero attached hydrogens (tertiary/aromatic N) is 3. The lowest BCUT2D eigenvalue weighted by Gasteiger charge is -2.28. The zero-order valence-corrected chi connectivity index (χ0v) is 15.3. The standard InChI is InChI=1S/C19H28N4O/c1-14(2)21-19(24)23(15(3)4)13-18-20-10-11-22(18)12-17-8-6-16(5)7-9-17/h6-11,14-15H,12-13H2,1-5H3,(H,21,24). The van der Waals surface area contributed by atoms with Gasteiger partial charge in [-0.3, -0.25) is 0 Å². The lowest BCUT2D eigenvalue weighted by atomic mass is 10.1. The molecule has 2 amide bonds. The van der Waals surface area contributed by atoms with Gasteiger partial charge in [-0.05, 0) is 40.2 Å². The molecule has 0 radical (unpaired) electrons. The lowest BCUT2D eigenvalue weighted by Crippen LogP contribution is -2.46. The molecule has 0 saturated heterocycles. The van der Waals surface area contributed by atoms with E-state index in [0.29, 0.717) is 6.54 Å². The Bertz CT molecular complexity index is 658. The number of hydrogen-bond donors (Lipinski definition) is 1. The first-order valence-corrected chi connectivity index (χ1v) is 8.49. The summed E-state index contributed by atoms with van der Waals surface area (Å²) in [6.07, 6.45) is 3.76. The third-order valence-corrected chi connectivity index (χ3v) is 3.88. The monoisotopic (exact) mass is 328 g/mol. The minimum atomic E-state index is -0.0510. The zero-order valence-electron chi connectivity index (χ0n) is 15.3. The second-order valence-corrected chi connectivity index (χ2v) is 6.78. The Morgan fingerprint density at radius 2 is 1.88 bits per heavy atom. The van der Waals surface area contributed by atoms with Crippen molar-refractivity contribution in [3.05, 3.63) is 53.6 Å². The number of nitrogens with one attached hydrogen (secondary N) is 1. The van der Waals surface area contributed by atoms with Crippen molar-refractivity contribution >= 4 is 6.03 Å². The van der Waals surface area contributed by atoms with Crippen molar-refractivity contribution in [3.8, 4) is 0 Å². The first-order valence-electron chi connectivity index (χ1n) is 8.49. The number of hydrogen-bond acceptors (Lipinski definition) is 2. The third kappa shape index (κ3) is 4.85. The molecule has 0 saturated carbocycles. The van der Waals surface area contributed by atoms with Gasteiger partial charge in [0, 0.05) is 31.0 Å². The van der Waals surface area contributed by atoms with E-state index in [1.807, 2.05) is 38.8 Å². The Labute approximate surface area is 144 Å². The van der Waals surface area contributed by atoms with Crippen LogP contribution in [0.4, 0.5) is 4.79 Å². The normalized spacial score (nSPS) is 11.1. The number of carbonyl (C=O) groups is 1. The van der Waals surface area contributed by atoms with Crippen LogP contribution in [0.25, 0.3) is 0 Å². The fourth-order valence-electron chi connectivity index (χ4n) is 2.50. The smallest absolute Gasteiger partial charge is 0.318 e. The second kappa shape index (κ2) is 7.99. The van der Waals surface area contributed by atoms with E-state index in [1.165, 1.54) is 11.1 Å². The molecule has 0 unspecified atom stereocenters. The molecule has 1 heterocycles. The van der Waals surface area contributed by atoms with Crippen molar-refractivity contribution in [2.45, 2.75) is 59.8 Å². The maximum absolute atomic E-state index is 12.4. The SMILES string of the molecule is Cc1ccc(Cn2ccnc2CN(C(=O)NC(C)C)C(C)C)cc1. The minimum absolute atomic E-state index is 0.0510. The molecule has 1 N–H and O–H groups in total. The van der Waals surface area contributed by atoms with Gasteiger partial charge in [0.05, 0.1) is 6.54 Å². The molecule has 1 aromatic heterocycles. The molecule has 0 spiro atoms. The fraction of sp³-hybridized carbons (Fsp3) is 0.474. The predicted octanol–water partition coefficient (Wildman–Crippen LogP) is 3.57. The molecular formula is C19H28N4O. The van der Waals surface area contributed by atoms with Gasteiger partial charge in [0.25, 0.3) is 0 Å². The summed E-state index contributed by atoms with van der Waals surface area (Å²) in [6.45, 7) is 11.3. The van der Waals surface area contributed by atoms with Gasteiger partial charge >= 0.3 is 6.03 Å². The average Bonchev–Trinajstić information content (AvgIpc) is 2.93. The first kappa shape index (κ1) is 18.0. The van der Waals surface area contributed by atoms with Gasteiger partial charge in [-0.1, -0.05) is 29.8 Å². The molecule has 0 fully saturated rings. The van der Waals surface area contributed by atoms with E-state index in [1.54, 1.807) is 6.20 Å². The van der Waals surface area contributed by atoms with Crippen molar-refractivity contribution in [1.82, 2.24) is 19.8 Å². The molecule has 5 nitrogen and oxygen atoms in total. The Kier molecular flexibility index (Phi) is 6.01. The minimum Gasteiger partial charge on any atom is -0.336 e. The van der Waals surface area contributed by atoms with Crippen LogP contribution in [0, 0.1) is 6.92 Å². The highest BCUT2D eigenvalue weighted by molar-refractivity contribution is 5.74. The van der Waals surface area contributed by atoms with Crippen LogP contribution in [0.5, 0.6) is 0 Å². The summed E-state index contributed by atoms with van der Waals surface area (Å²) in [5.74, 6) is 0.892. The van der Waals surface area contributed by atoms with Crippen molar-refractivity contribution in [1.29, 1.82) is 0 Å². The van der Waals surface area contributed by atoms with E-state index in [2.05, 4.69) is 46.1 Å². The second-order valence-electron chi connectivity index (χ2n) is 6.78. The van der Waals surface area contributed by atoms with Gasteiger partial charge in [-0.25, -0.2) is 9.78 Å². The van der Waals surface area contributed by atoms with E-state index in [-0.39, 0.29) is 18.1 Å². The third-order valence-electron chi connectivity index (χ3n) is 3.88. The molecule has 2 aromatic rings. The predicted molar refractivity (Wildman–Crippen MR) is 96.9 cm³/mol. The number of amides is 2. The molecule has 0 bridgehead atoms. The molecule has 1 aromatic carbocycles. The highest BCUT2D eigenvalue weighted by Gasteiger charge is 2.20. The van der Waals surface area contributed by atoms with Crippen molar-refractivity contribution in [2.75, 3.05) is 0 Å². The van der Waals surface area contributed by atoms with Crippen LogP contribution in [0.3, 0.4) is 0 Å². The molecule has 0 aliphatic rings. The summed E-state index contributed by atoms with van der Waals surface area (Å²) < 4.78 is 2.10. The Hall–Kier alpha value is -2.30. The number of benzene rings is 1. The number of aryl methyl sites for hydroxylation is 1. The number of imidazole rings is 1. The number of carbonyl (C=O) groups excluding carboxylic acids is 1. The number of urea groups is 1. The van der Waals surface area contributed by atoms with Gasteiger partial charge in [0.2, 0.25) is 0 Å². The summed E-state index contributed by atoms with van der Waals surface area (Å²) in [6, 6.07) is 8.66. The van der Waals surface area contributed by atoms with Crippen molar-refractivity contribution < 1.29 is 4.79 Å². The first-order chi connectivity index (χ1) is 11.4. The fourth-order valence-corrected chi connectivity index (χ4v) is 2.50. The highest BCUT2D eigenvalue weighted by atomic mass is 16.2. The van der Waals surface area contributed by atoms with Crippen molar-refractivity contribution in [3.63, 3.8) is 0 Å². The van der Waals surface area contributed by atoms with Crippen LogP contribution in [0.1, 0.15) is 44.6 Å². The van der Waals surface area contributed by atoms with Crippen LogP contribution in [0.15, 0.2) is 36.7 Å².